The van der Waals surface area contributed by atoms with E-state index in [1.165, 1.54) is 181 Å². The topological polar surface area (TPSA) is 6.48 Å². The number of hydrogen-bond donors (Lipinski definition) is 0. The zero-order valence-electron chi connectivity index (χ0n) is 55.0. The number of nitrogens with zero attached hydrogens (tertiary/aromatic N) is 2. The Morgan fingerprint density at radius 1 is 0.147 bits per heavy atom. The molecule has 4 aromatic heterocycles. The van der Waals surface area contributed by atoms with Crippen LogP contribution in [0.25, 0.3) is 170 Å². The average Bonchev–Trinajstić information content (AvgIpc) is 1.57. The molecule has 0 amide bonds. The number of benzene rings is 16. The predicted octanol–water partition coefficient (Wildman–Crippen LogP) is 29.7. The molecule has 0 saturated carbocycles. The standard InChI is InChI=1S/2C48H29NS2/c1-2-14-32-31(13-1)33-15-3-4-17-35(33)37-28-27-30(29-42(37)36-18-6-5-16-34(32)36)49(43-23-11-21-40-38-19-7-9-25-45(38)50-47(40)43)44-24-12-22-41-39-20-8-10-26-46(39)51-48(41)44;1-2-12-34-33(11-1)35-13-3-4-15-37(35)39-24-21-30(27-44(39)38-16-6-5-14-36(34)38)49(31-22-25-42-40-17-7-9-19-45(40)50-47(42)28-31)32-23-26-43-41-18-8-10-20-46(41)51-48(43)29-32/h2*1-29H. The summed E-state index contributed by atoms with van der Waals surface area (Å²) in [5, 5.41) is 10.5. The fraction of sp³-hybridized carbons (Fsp3) is 0. The van der Waals surface area contributed by atoms with Gasteiger partial charge in [0.1, 0.15) is 0 Å². The van der Waals surface area contributed by atoms with Gasteiger partial charge in [0, 0.05) is 94.0 Å². The van der Waals surface area contributed by atoms with Crippen LogP contribution in [0.5, 0.6) is 0 Å². The Morgan fingerprint density at radius 3 is 0.725 bits per heavy atom. The number of rotatable bonds is 6. The summed E-state index contributed by atoms with van der Waals surface area (Å²) in [6, 6.07) is 130. The molecule has 0 N–H and O–H groups in total. The van der Waals surface area contributed by atoms with Crippen molar-refractivity contribution < 1.29 is 0 Å². The second-order valence-electron chi connectivity index (χ2n) is 26.5. The van der Waals surface area contributed by atoms with Crippen molar-refractivity contribution in [1.82, 2.24) is 0 Å². The van der Waals surface area contributed by atoms with Crippen LogP contribution in [0, 0.1) is 0 Å². The number of fused-ring (bicyclic) bond motifs is 28. The van der Waals surface area contributed by atoms with Crippen LogP contribution in [0.2, 0.25) is 0 Å². The Labute approximate surface area is 606 Å². The molecule has 4 heterocycles. The lowest BCUT2D eigenvalue weighted by Crippen LogP contribution is -2.11. The lowest BCUT2D eigenvalue weighted by atomic mass is 9.81. The zero-order valence-corrected chi connectivity index (χ0v) is 58.3. The van der Waals surface area contributed by atoms with E-state index in [2.05, 4.69) is 362 Å². The summed E-state index contributed by atoms with van der Waals surface area (Å²) in [5.41, 5.74) is 27.0. The minimum atomic E-state index is 1.14. The molecule has 0 bridgehead atoms. The van der Waals surface area contributed by atoms with Crippen LogP contribution >= 0.6 is 45.3 Å². The highest BCUT2D eigenvalue weighted by atomic mass is 32.1. The normalized spacial score (nSPS) is 11.9. The van der Waals surface area contributed by atoms with Gasteiger partial charge < -0.3 is 9.80 Å². The van der Waals surface area contributed by atoms with E-state index in [1.807, 2.05) is 45.3 Å². The van der Waals surface area contributed by atoms with Crippen molar-refractivity contribution >= 4 is 160 Å². The van der Waals surface area contributed by atoms with E-state index in [0.29, 0.717) is 0 Å². The van der Waals surface area contributed by atoms with E-state index in [1.54, 1.807) is 0 Å². The lowest BCUT2D eigenvalue weighted by Gasteiger charge is -2.29. The largest absolute Gasteiger partial charge is 0.310 e. The Balaban J connectivity index is 0.000000133. The predicted molar refractivity (Wildman–Crippen MR) is 444 cm³/mol. The Hall–Kier alpha value is -12.0. The maximum atomic E-state index is 2.52. The molecule has 0 radical (unpaired) electrons. The van der Waals surface area contributed by atoms with Crippen LogP contribution in [0.3, 0.4) is 0 Å². The number of anilines is 6. The van der Waals surface area contributed by atoms with Gasteiger partial charge in [-0.05, 0) is 174 Å². The van der Waals surface area contributed by atoms with E-state index in [9.17, 15) is 0 Å². The summed E-state index contributed by atoms with van der Waals surface area (Å²) in [5.74, 6) is 0. The fourth-order valence-corrected chi connectivity index (χ4v) is 21.0. The van der Waals surface area contributed by atoms with Gasteiger partial charge in [-0.25, -0.2) is 0 Å². The summed E-state index contributed by atoms with van der Waals surface area (Å²) < 4.78 is 10.4. The van der Waals surface area contributed by atoms with E-state index >= 15 is 0 Å². The molecule has 476 valence electrons. The monoisotopic (exact) mass is 1370 g/mol. The molecule has 102 heavy (non-hydrogen) atoms. The summed E-state index contributed by atoms with van der Waals surface area (Å²) in [4.78, 5) is 4.98. The SMILES string of the molecule is c1ccc2c(c1)-c1ccccc1-c1ccc(N(c3ccc4c(c3)sc3ccccc34)c3ccc4c(c3)sc3ccccc34)cc1-c1ccccc1-2.c1ccc2c(c1)-c1ccccc1-c1ccc(N(c3cccc4c3sc3ccccc34)c3cccc4c3sc3ccccc34)cc1-c1ccccc1-2. The Kier molecular flexibility index (Phi) is 13.8. The molecule has 0 fully saturated rings. The third-order valence-electron chi connectivity index (χ3n) is 20.9. The van der Waals surface area contributed by atoms with Crippen molar-refractivity contribution in [3.05, 3.63) is 352 Å². The minimum absolute atomic E-state index is 1.14. The molecule has 20 aromatic rings. The smallest absolute Gasteiger partial charge is 0.0640 e. The first-order valence-corrected chi connectivity index (χ1v) is 38.0. The lowest BCUT2D eigenvalue weighted by molar-refractivity contribution is 1.30. The van der Waals surface area contributed by atoms with Crippen molar-refractivity contribution in [2.45, 2.75) is 0 Å². The summed E-state index contributed by atoms with van der Waals surface area (Å²) in [6.45, 7) is 0. The minimum Gasteiger partial charge on any atom is -0.310 e. The highest BCUT2D eigenvalue weighted by molar-refractivity contribution is 7.27. The number of thiophene rings is 4. The van der Waals surface area contributed by atoms with E-state index in [-0.39, 0.29) is 0 Å². The van der Waals surface area contributed by atoms with Crippen LogP contribution < -0.4 is 9.80 Å². The van der Waals surface area contributed by atoms with Gasteiger partial charge in [-0.1, -0.05) is 267 Å². The van der Waals surface area contributed by atoms with Crippen molar-refractivity contribution in [3.63, 3.8) is 0 Å². The summed E-state index contributed by atoms with van der Waals surface area (Å²) in [6.07, 6.45) is 0. The van der Waals surface area contributed by atoms with Gasteiger partial charge in [-0.15, -0.1) is 45.3 Å². The van der Waals surface area contributed by atoms with Crippen LogP contribution in [-0.4, -0.2) is 0 Å². The molecule has 0 saturated heterocycles. The first kappa shape index (κ1) is 58.9. The quantitative estimate of drug-likeness (QED) is 0.164. The molecule has 22 rings (SSSR count). The van der Waals surface area contributed by atoms with Gasteiger partial charge >= 0.3 is 0 Å². The van der Waals surface area contributed by atoms with E-state index < -0.39 is 0 Å². The molecular formula is C96H58N2S4. The van der Waals surface area contributed by atoms with Gasteiger partial charge in [0.25, 0.3) is 0 Å². The average molecular weight is 1370 g/mol. The van der Waals surface area contributed by atoms with Crippen molar-refractivity contribution in [2.24, 2.45) is 0 Å². The van der Waals surface area contributed by atoms with Crippen LogP contribution in [-0.2, 0) is 0 Å². The zero-order chi connectivity index (χ0) is 66.9. The number of hydrogen-bond acceptors (Lipinski definition) is 6. The molecule has 0 unspecified atom stereocenters. The Morgan fingerprint density at radius 2 is 0.382 bits per heavy atom. The summed E-state index contributed by atoms with van der Waals surface area (Å²) in [7, 11) is 0. The van der Waals surface area contributed by atoms with E-state index in [4.69, 9.17) is 0 Å². The van der Waals surface area contributed by atoms with Crippen LogP contribution in [0.15, 0.2) is 352 Å². The molecule has 16 aromatic carbocycles. The van der Waals surface area contributed by atoms with Crippen molar-refractivity contribution in [3.8, 4) is 89.0 Å². The van der Waals surface area contributed by atoms with Gasteiger partial charge in [0.05, 0.1) is 20.8 Å². The van der Waals surface area contributed by atoms with E-state index in [0.717, 1.165) is 22.7 Å². The Bertz CT molecular complexity index is 6580. The molecule has 0 spiro atoms. The van der Waals surface area contributed by atoms with Gasteiger partial charge in [-0.3, -0.25) is 0 Å². The highest BCUT2D eigenvalue weighted by Gasteiger charge is 2.28. The molecule has 0 aliphatic heterocycles. The maximum absolute atomic E-state index is 2.52. The first-order valence-electron chi connectivity index (χ1n) is 34.7. The van der Waals surface area contributed by atoms with Crippen molar-refractivity contribution in [1.29, 1.82) is 0 Å². The molecule has 2 aliphatic carbocycles. The summed E-state index contributed by atoms with van der Waals surface area (Å²) >= 11 is 7.51. The van der Waals surface area contributed by atoms with Gasteiger partial charge in [0.15, 0.2) is 0 Å². The molecule has 2 nitrogen and oxygen atoms in total. The van der Waals surface area contributed by atoms with Crippen molar-refractivity contribution in [2.75, 3.05) is 9.80 Å². The van der Waals surface area contributed by atoms with Crippen LogP contribution in [0.4, 0.5) is 34.1 Å². The third-order valence-corrected chi connectivity index (χ3v) is 25.6. The molecule has 6 heteroatoms. The van der Waals surface area contributed by atoms with Gasteiger partial charge in [-0.2, -0.15) is 0 Å². The molecular weight excluding hydrogens is 1310 g/mol. The van der Waals surface area contributed by atoms with Crippen LogP contribution in [0.1, 0.15) is 0 Å². The second kappa shape index (κ2) is 23.8. The first-order chi connectivity index (χ1) is 50.6. The highest BCUT2D eigenvalue weighted by Crippen LogP contribution is 2.55. The fourth-order valence-electron chi connectivity index (χ4n) is 16.4. The molecule has 2 aliphatic rings. The third kappa shape index (κ3) is 9.41. The second-order valence-corrected chi connectivity index (χ2v) is 30.7. The van der Waals surface area contributed by atoms with Gasteiger partial charge in [0.2, 0.25) is 0 Å². The maximum Gasteiger partial charge on any atom is 0.0640 e. The molecule has 0 atom stereocenters.